The molecule has 1 aromatic rings. The van der Waals surface area contributed by atoms with Crippen molar-refractivity contribution in [1.82, 2.24) is 0 Å². The lowest BCUT2D eigenvalue weighted by atomic mass is 9.95. The molecule has 0 saturated heterocycles. The number of ether oxygens (including phenoxy) is 1. The Morgan fingerprint density at radius 1 is 1.35 bits per heavy atom. The van der Waals surface area contributed by atoms with Crippen LogP contribution in [-0.4, -0.2) is 18.3 Å². The van der Waals surface area contributed by atoms with Gasteiger partial charge in [0.15, 0.2) is 0 Å². The molecule has 0 bridgehead atoms. The quantitative estimate of drug-likeness (QED) is 0.786. The third-order valence-electron chi connectivity index (χ3n) is 3.06. The van der Waals surface area contributed by atoms with E-state index in [0.29, 0.717) is 12.3 Å². The van der Waals surface area contributed by atoms with Crippen LogP contribution in [-0.2, 0) is 6.42 Å². The van der Waals surface area contributed by atoms with Crippen LogP contribution in [0.2, 0.25) is 0 Å². The first-order valence-corrected chi connectivity index (χ1v) is 6.46. The predicted molar refractivity (Wildman–Crippen MR) is 71.4 cm³/mol. The minimum atomic E-state index is -0.247. The summed E-state index contributed by atoms with van der Waals surface area (Å²) in [5.41, 5.74) is 1.14. The van der Waals surface area contributed by atoms with Gasteiger partial charge in [-0.15, -0.1) is 0 Å². The summed E-state index contributed by atoms with van der Waals surface area (Å²) in [4.78, 5) is 0. The highest BCUT2D eigenvalue weighted by atomic mass is 16.5. The molecule has 1 aromatic carbocycles. The van der Waals surface area contributed by atoms with Crippen molar-refractivity contribution >= 4 is 0 Å². The summed E-state index contributed by atoms with van der Waals surface area (Å²) >= 11 is 0. The van der Waals surface area contributed by atoms with E-state index >= 15 is 0 Å². The molecule has 1 N–H and O–H groups in total. The molecule has 0 aliphatic carbocycles. The Bertz CT molecular complexity index is 322. The molecule has 0 amide bonds. The number of hydrogen-bond acceptors (Lipinski definition) is 2. The second-order valence-corrected chi connectivity index (χ2v) is 4.84. The van der Waals surface area contributed by atoms with E-state index in [0.717, 1.165) is 17.7 Å². The largest absolute Gasteiger partial charge is 0.497 e. The van der Waals surface area contributed by atoms with E-state index in [1.54, 1.807) is 7.11 Å². The molecule has 0 aliphatic heterocycles. The van der Waals surface area contributed by atoms with Crippen molar-refractivity contribution < 1.29 is 9.84 Å². The molecule has 2 heteroatoms. The van der Waals surface area contributed by atoms with Crippen molar-refractivity contribution in [3.05, 3.63) is 29.8 Å². The third-order valence-corrected chi connectivity index (χ3v) is 3.06. The molecule has 0 fully saturated rings. The lowest BCUT2D eigenvalue weighted by Gasteiger charge is -2.16. The fourth-order valence-electron chi connectivity index (χ4n) is 2.23. The van der Waals surface area contributed by atoms with Gasteiger partial charge in [-0.3, -0.25) is 0 Å². The van der Waals surface area contributed by atoms with E-state index in [1.165, 1.54) is 12.8 Å². The van der Waals surface area contributed by atoms with Crippen molar-refractivity contribution in [2.45, 2.75) is 45.6 Å². The molecule has 0 radical (unpaired) electrons. The summed E-state index contributed by atoms with van der Waals surface area (Å²) in [6, 6.07) is 7.93. The van der Waals surface area contributed by atoms with Crippen LogP contribution in [0.1, 0.15) is 38.7 Å². The number of benzene rings is 1. The molecule has 0 aromatic heterocycles. The van der Waals surface area contributed by atoms with Crippen molar-refractivity contribution in [1.29, 1.82) is 0 Å². The van der Waals surface area contributed by atoms with Crippen LogP contribution in [0, 0.1) is 5.92 Å². The van der Waals surface area contributed by atoms with Crippen LogP contribution < -0.4 is 4.74 Å². The third kappa shape index (κ3) is 5.22. The summed E-state index contributed by atoms with van der Waals surface area (Å²) in [5, 5.41) is 10.0. The number of aliphatic hydroxyl groups is 1. The van der Waals surface area contributed by atoms with E-state index in [9.17, 15) is 5.11 Å². The normalized spacial score (nSPS) is 14.4. The zero-order valence-corrected chi connectivity index (χ0v) is 11.1. The Labute approximate surface area is 105 Å². The summed E-state index contributed by atoms with van der Waals surface area (Å²) in [6.07, 6.45) is 3.72. The standard InChI is InChI=1S/C15H24O2/c1-4-6-12(2)9-14(16)10-13-7-5-8-15(11-13)17-3/h5,7-8,11-12,14,16H,4,6,9-10H2,1-3H3. The van der Waals surface area contributed by atoms with Gasteiger partial charge in [0.05, 0.1) is 13.2 Å². The first-order chi connectivity index (χ1) is 8.15. The second-order valence-electron chi connectivity index (χ2n) is 4.84. The average molecular weight is 236 g/mol. The molecule has 0 aliphatic rings. The highest BCUT2D eigenvalue weighted by Gasteiger charge is 2.10. The molecule has 96 valence electrons. The molecule has 2 atom stereocenters. The Morgan fingerprint density at radius 2 is 2.12 bits per heavy atom. The number of rotatable bonds is 7. The number of aliphatic hydroxyl groups excluding tert-OH is 1. The molecule has 0 saturated carbocycles. The minimum Gasteiger partial charge on any atom is -0.497 e. The second kappa shape index (κ2) is 7.33. The smallest absolute Gasteiger partial charge is 0.119 e. The van der Waals surface area contributed by atoms with Gasteiger partial charge in [0.2, 0.25) is 0 Å². The minimum absolute atomic E-state index is 0.247. The van der Waals surface area contributed by atoms with Crippen LogP contribution in [0.4, 0.5) is 0 Å². The number of hydrogen-bond donors (Lipinski definition) is 1. The van der Waals surface area contributed by atoms with Gasteiger partial charge in [0.25, 0.3) is 0 Å². The fraction of sp³-hybridized carbons (Fsp3) is 0.600. The first kappa shape index (κ1) is 14.0. The maximum Gasteiger partial charge on any atom is 0.119 e. The maximum absolute atomic E-state index is 10.0. The summed E-state index contributed by atoms with van der Waals surface area (Å²) < 4.78 is 5.17. The van der Waals surface area contributed by atoms with Crippen LogP contribution in [0.15, 0.2) is 24.3 Å². The Kier molecular flexibility index (Phi) is 6.06. The fourth-order valence-corrected chi connectivity index (χ4v) is 2.23. The summed E-state index contributed by atoms with van der Waals surface area (Å²) in [5.74, 6) is 1.46. The van der Waals surface area contributed by atoms with E-state index in [4.69, 9.17) is 4.74 Å². The zero-order chi connectivity index (χ0) is 12.7. The molecule has 1 rings (SSSR count). The van der Waals surface area contributed by atoms with Crippen molar-refractivity contribution in [2.24, 2.45) is 5.92 Å². The monoisotopic (exact) mass is 236 g/mol. The lowest BCUT2D eigenvalue weighted by molar-refractivity contribution is 0.143. The topological polar surface area (TPSA) is 29.5 Å². The van der Waals surface area contributed by atoms with Crippen LogP contribution in [0.5, 0.6) is 5.75 Å². The van der Waals surface area contributed by atoms with Crippen LogP contribution >= 0.6 is 0 Å². The number of methoxy groups -OCH3 is 1. The summed E-state index contributed by atoms with van der Waals surface area (Å²) in [6.45, 7) is 4.39. The van der Waals surface area contributed by atoms with Crippen LogP contribution in [0.3, 0.4) is 0 Å². The molecule has 2 unspecified atom stereocenters. The Balaban J connectivity index is 2.46. The van der Waals surface area contributed by atoms with Gasteiger partial charge in [-0.1, -0.05) is 38.8 Å². The molecular weight excluding hydrogens is 212 g/mol. The molecule has 17 heavy (non-hydrogen) atoms. The van der Waals surface area contributed by atoms with E-state index < -0.39 is 0 Å². The predicted octanol–water partition coefficient (Wildman–Crippen LogP) is 3.42. The Hall–Kier alpha value is -1.02. The highest BCUT2D eigenvalue weighted by Crippen LogP contribution is 2.18. The maximum atomic E-state index is 10.0. The molecule has 0 spiro atoms. The van der Waals surface area contributed by atoms with E-state index in [1.807, 2.05) is 24.3 Å². The Morgan fingerprint density at radius 3 is 2.76 bits per heavy atom. The van der Waals surface area contributed by atoms with Gasteiger partial charge in [-0.2, -0.15) is 0 Å². The van der Waals surface area contributed by atoms with Crippen molar-refractivity contribution in [3.63, 3.8) is 0 Å². The molecule has 2 nitrogen and oxygen atoms in total. The van der Waals surface area contributed by atoms with Gasteiger partial charge in [-0.25, -0.2) is 0 Å². The van der Waals surface area contributed by atoms with Crippen LogP contribution in [0.25, 0.3) is 0 Å². The summed E-state index contributed by atoms with van der Waals surface area (Å²) in [7, 11) is 1.67. The van der Waals surface area contributed by atoms with Gasteiger partial charge < -0.3 is 9.84 Å². The van der Waals surface area contributed by atoms with Gasteiger partial charge in [-0.05, 0) is 36.5 Å². The lowest BCUT2D eigenvalue weighted by Crippen LogP contribution is -2.14. The van der Waals surface area contributed by atoms with Gasteiger partial charge in [0, 0.05) is 0 Å². The SMILES string of the molecule is CCCC(C)CC(O)Cc1cccc(OC)c1. The van der Waals surface area contributed by atoms with Gasteiger partial charge in [0.1, 0.15) is 5.75 Å². The van der Waals surface area contributed by atoms with E-state index in [-0.39, 0.29) is 6.10 Å². The van der Waals surface area contributed by atoms with Gasteiger partial charge >= 0.3 is 0 Å². The first-order valence-electron chi connectivity index (χ1n) is 6.46. The average Bonchev–Trinajstić information content (AvgIpc) is 2.29. The van der Waals surface area contributed by atoms with E-state index in [2.05, 4.69) is 13.8 Å². The zero-order valence-electron chi connectivity index (χ0n) is 11.1. The molecule has 0 heterocycles. The highest BCUT2D eigenvalue weighted by molar-refractivity contribution is 5.28. The van der Waals surface area contributed by atoms with Crippen molar-refractivity contribution in [2.75, 3.05) is 7.11 Å². The van der Waals surface area contributed by atoms with Crippen molar-refractivity contribution in [3.8, 4) is 5.75 Å². The molecular formula is C15H24O2.